The van der Waals surface area contributed by atoms with Crippen LogP contribution in [0.1, 0.15) is 0 Å². The summed E-state index contributed by atoms with van der Waals surface area (Å²) in [6, 6.07) is 74.6. The minimum absolute atomic E-state index is 0.892. The van der Waals surface area contributed by atoms with Crippen molar-refractivity contribution in [2.24, 2.45) is 0 Å². The Balaban J connectivity index is 0.995. The Labute approximate surface area is 340 Å². The summed E-state index contributed by atoms with van der Waals surface area (Å²) in [7, 11) is 0. The van der Waals surface area contributed by atoms with Crippen LogP contribution in [0.25, 0.3) is 65.4 Å². The molecule has 0 N–H and O–H groups in total. The summed E-state index contributed by atoms with van der Waals surface area (Å²) < 4.78 is 6.22. The molecular formula is C54H34N2OS. The first-order chi connectivity index (χ1) is 28.7. The van der Waals surface area contributed by atoms with E-state index in [0.29, 0.717) is 0 Å². The van der Waals surface area contributed by atoms with E-state index in [1.165, 1.54) is 53.2 Å². The number of furan rings is 1. The minimum Gasteiger partial charge on any atom is -0.456 e. The Morgan fingerprint density at radius 2 is 0.897 bits per heavy atom. The van der Waals surface area contributed by atoms with Gasteiger partial charge >= 0.3 is 0 Å². The molecule has 0 saturated carbocycles. The number of benzene rings is 10. The SMILES string of the molecule is c1ccc(N(c2ccc3c(c2)Sc2cccc4c2c-3cc2ccc(N(c3ccccc3)c3ccc5oc6ccccc6c5c3)cc24)c2ccc3ccccc3c2)cc1. The molecular weight excluding hydrogens is 725 g/mol. The average Bonchev–Trinajstić information content (AvgIpc) is 3.65. The van der Waals surface area contributed by atoms with Gasteiger partial charge in [-0.15, -0.1) is 0 Å². The van der Waals surface area contributed by atoms with Gasteiger partial charge in [0, 0.05) is 60.1 Å². The maximum atomic E-state index is 6.22. The van der Waals surface area contributed by atoms with Crippen LogP contribution < -0.4 is 9.80 Å². The van der Waals surface area contributed by atoms with Gasteiger partial charge in [-0.1, -0.05) is 121 Å². The van der Waals surface area contributed by atoms with Crippen LogP contribution in [0.4, 0.5) is 34.1 Å². The van der Waals surface area contributed by atoms with E-state index >= 15 is 0 Å². The van der Waals surface area contributed by atoms with Gasteiger partial charge in [0.25, 0.3) is 0 Å². The van der Waals surface area contributed by atoms with Crippen LogP contribution >= 0.6 is 11.8 Å². The molecule has 0 fully saturated rings. The van der Waals surface area contributed by atoms with Gasteiger partial charge in [-0.3, -0.25) is 0 Å². The second-order valence-electron chi connectivity index (χ2n) is 14.9. The smallest absolute Gasteiger partial charge is 0.135 e. The molecule has 0 amide bonds. The highest BCUT2D eigenvalue weighted by molar-refractivity contribution is 7.99. The second kappa shape index (κ2) is 13.2. The molecule has 12 rings (SSSR count). The van der Waals surface area contributed by atoms with Gasteiger partial charge in [0.1, 0.15) is 11.2 Å². The molecule has 0 unspecified atom stereocenters. The molecule has 0 saturated heterocycles. The van der Waals surface area contributed by atoms with Gasteiger partial charge in [0.2, 0.25) is 0 Å². The van der Waals surface area contributed by atoms with Crippen molar-refractivity contribution in [1.82, 2.24) is 0 Å². The number of para-hydroxylation sites is 3. The second-order valence-corrected chi connectivity index (χ2v) is 16.0. The fraction of sp³-hybridized carbons (Fsp3) is 0. The van der Waals surface area contributed by atoms with Crippen LogP contribution in [0.3, 0.4) is 0 Å². The van der Waals surface area contributed by atoms with Gasteiger partial charge in [-0.25, -0.2) is 0 Å². The fourth-order valence-electron chi connectivity index (χ4n) is 8.89. The van der Waals surface area contributed by atoms with Crippen LogP contribution in [0, 0.1) is 0 Å². The third kappa shape index (κ3) is 5.30. The van der Waals surface area contributed by atoms with Crippen LogP contribution in [0.15, 0.2) is 220 Å². The van der Waals surface area contributed by atoms with Crippen LogP contribution in [0.2, 0.25) is 0 Å². The van der Waals surface area contributed by atoms with Crippen molar-refractivity contribution >= 4 is 100 Å². The van der Waals surface area contributed by atoms with E-state index in [1.54, 1.807) is 0 Å². The molecule has 58 heavy (non-hydrogen) atoms. The molecule has 0 spiro atoms. The fourth-order valence-corrected chi connectivity index (χ4v) is 10.1. The van der Waals surface area contributed by atoms with Crippen LogP contribution in [-0.2, 0) is 0 Å². The Kier molecular flexibility index (Phi) is 7.47. The zero-order valence-electron chi connectivity index (χ0n) is 31.3. The number of fused-ring (bicyclic) bond motifs is 8. The van der Waals surface area contributed by atoms with Crippen LogP contribution in [-0.4, -0.2) is 0 Å². The van der Waals surface area contributed by atoms with E-state index in [2.05, 4.69) is 204 Å². The largest absolute Gasteiger partial charge is 0.456 e. The van der Waals surface area contributed by atoms with E-state index in [1.807, 2.05) is 23.9 Å². The average molecular weight is 759 g/mol. The van der Waals surface area contributed by atoms with Crippen molar-refractivity contribution in [1.29, 1.82) is 0 Å². The molecule has 4 heteroatoms. The van der Waals surface area contributed by atoms with Gasteiger partial charge in [0.15, 0.2) is 0 Å². The van der Waals surface area contributed by atoms with E-state index in [9.17, 15) is 0 Å². The van der Waals surface area contributed by atoms with Crippen LogP contribution in [0.5, 0.6) is 0 Å². The first kappa shape index (κ1) is 32.9. The first-order valence-corrected chi connectivity index (χ1v) is 20.5. The summed E-state index contributed by atoms with van der Waals surface area (Å²) in [4.78, 5) is 7.26. The van der Waals surface area contributed by atoms with Crippen molar-refractivity contribution in [3.8, 4) is 11.1 Å². The Bertz CT molecular complexity index is 3390. The predicted molar refractivity (Wildman–Crippen MR) is 245 cm³/mol. The lowest BCUT2D eigenvalue weighted by molar-refractivity contribution is 0.669. The number of hydrogen-bond acceptors (Lipinski definition) is 4. The normalized spacial score (nSPS) is 12.1. The molecule has 10 aromatic carbocycles. The lowest BCUT2D eigenvalue weighted by atomic mass is 9.92. The Morgan fingerprint density at radius 1 is 0.310 bits per heavy atom. The quantitative estimate of drug-likeness (QED) is 0.157. The summed E-state index contributed by atoms with van der Waals surface area (Å²) in [5, 5.41) is 9.73. The third-order valence-corrected chi connectivity index (χ3v) is 12.7. The molecule has 0 aliphatic carbocycles. The third-order valence-electron chi connectivity index (χ3n) is 11.6. The minimum atomic E-state index is 0.892. The molecule has 1 aliphatic rings. The lowest BCUT2D eigenvalue weighted by Crippen LogP contribution is -2.10. The van der Waals surface area contributed by atoms with Gasteiger partial charge in [0.05, 0.1) is 0 Å². The van der Waals surface area contributed by atoms with Gasteiger partial charge in [-0.05, 0) is 135 Å². The number of rotatable bonds is 6. The molecule has 1 aromatic heterocycles. The van der Waals surface area contributed by atoms with Crippen molar-refractivity contribution < 1.29 is 4.42 Å². The number of anilines is 6. The maximum absolute atomic E-state index is 6.22. The zero-order chi connectivity index (χ0) is 38.2. The Morgan fingerprint density at radius 3 is 1.69 bits per heavy atom. The summed E-state index contributed by atoms with van der Waals surface area (Å²) in [5.74, 6) is 0. The summed E-state index contributed by atoms with van der Waals surface area (Å²) in [6.07, 6.45) is 0. The maximum Gasteiger partial charge on any atom is 0.135 e. The first-order valence-electron chi connectivity index (χ1n) is 19.7. The van der Waals surface area contributed by atoms with Crippen molar-refractivity contribution in [3.63, 3.8) is 0 Å². The molecule has 3 nitrogen and oxygen atoms in total. The highest BCUT2D eigenvalue weighted by Crippen LogP contribution is 2.52. The number of nitrogens with zero attached hydrogens (tertiary/aromatic N) is 2. The number of hydrogen-bond donors (Lipinski definition) is 0. The highest BCUT2D eigenvalue weighted by Gasteiger charge is 2.24. The van der Waals surface area contributed by atoms with E-state index in [4.69, 9.17) is 4.42 Å². The van der Waals surface area contributed by atoms with Gasteiger partial charge < -0.3 is 14.2 Å². The molecule has 11 aromatic rings. The predicted octanol–water partition coefficient (Wildman–Crippen LogP) is 16.1. The monoisotopic (exact) mass is 758 g/mol. The summed E-state index contributed by atoms with van der Waals surface area (Å²) in [5.41, 5.74) is 11.0. The summed E-state index contributed by atoms with van der Waals surface area (Å²) in [6.45, 7) is 0. The van der Waals surface area contributed by atoms with Crippen molar-refractivity contribution in [3.05, 3.63) is 206 Å². The highest BCUT2D eigenvalue weighted by atomic mass is 32.2. The van der Waals surface area contributed by atoms with Crippen molar-refractivity contribution in [2.75, 3.05) is 9.80 Å². The molecule has 0 bridgehead atoms. The van der Waals surface area contributed by atoms with E-state index in [0.717, 1.165) is 56.1 Å². The molecule has 0 radical (unpaired) electrons. The van der Waals surface area contributed by atoms with Crippen molar-refractivity contribution in [2.45, 2.75) is 9.79 Å². The Hall–Kier alpha value is -7.27. The topological polar surface area (TPSA) is 19.6 Å². The molecule has 2 heterocycles. The van der Waals surface area contributed by atoms with Gasteiger partial charge in [-0.2, -0.15) is 0 Å². The molecule has 0 atom stereocenters. The zero-order valence-corrected chi connectivity index (χ0v) is 32.2. The standard InChI is InChI=1S/C54H34N2OS/c1-3-14-38(15-4-1)55(40-24-22-35-12-7-8-13-36(35)30-40)43-26-28-45-49-31-37-23-25-41(32-47(37)46-19-11-21-52(54(46)49)58-53(45)34-43)56(39-16-5-2-6-17-39)42-27-29-51-48(33-42)44-18-9-10-20-50(44)57-51/h1-34H. The summed E-state index contributed by atoms with van der Waals surface area (Å²) >= 11 is 1.87. The van der Waals surface area contributed by atoms with E-state index < -0.39 is 0 Å². The molecule has 272 valence electrons. The lowest BCUT2D eigenvalue weighted by Gasteiger charge is -2.28. The molecule has 1 aliphatic heterocycles. The van der Waals surface area contributed by atoms with E-state index in [-0.39, 0.29) is 0 Å².